The lowest BCUT2D eigenvalue weighted by Crippen LogP contribution is -2.52. The molecular weight excluding hydrogens is 519 g/mol. The molecule has 0 radical (unpaired) electrons. The Morgan fingerprint density at radius 1 is 1.13 bits per heavy atom. The van der Waals surface area contributed by atoms with E-state index in [1.165, 1.54) is 0 Å². The molecule has 2 aliphatic heterocycles. The standard InChI is InChI=1S/C21H33ClN4O3.HI/c1-15(2)18(26-6-8-27-9-7-26)14-25-21(23-3)24-5-4-16-12-17(22)20-19(13-16)28-10-11-29-20;/h12-13,15,18H,4-11,14H2,1-3H3,(H2,23,24,25);1H. The molecule has 0 aliphatic carbocycles. The van der Waals surface area contributed by atoms with Crippen molar-refractivity contribution >= 4 is 41.5 Å². The molecule has 170 valence electrons. The fourth-order valence-corrected chi connectivity index (χ4v) is 4.04. The van der Waals surface area contributed by atoms with E-state index in [9.17, 15) is 0 Å². The van der Waals surface area contributed by atoms with Crippen molar-refractivity contribution in [3.8, 4) is 11.5 Å². The van der Waals surface area contributed by atoms with Gasteiger partial charge in [0.15, 0.2) is 17.5 Å². The first-order valence-corrected chi connectivity index (χ1v) is 10.8. The van der Waals surface area contributed by atoms with Gasteiger partial charge in [0.25, 0.3) is 0 Å². The molecule has 1 saturated heterocycles. The maximum atomic E-state index is 6.33. The molecule has 1 atom stereocenters. The fraction of sp³-hybridized carbons (Fsp3) is 0.667. The van der Waals surface area contributed by atoms with Crippen molar-refractivity contribution in [2.75, 3.05) is 59.7 Å². The van der Waals surface area contributed by atoms with Crippen LogP contribution in [0.2, 0.25) is 5.02 Å². The largest absolute Gasteiger partial charge is 0.486 e. The van der Waals surface area contributed by atoms with Crippen LogP contribution in [0.15, 0.2) is 17.1 Å². The number of nitrogens with zero attached hydrogens (tertiary/aromatic N) is 2. The number of halogens is 2. The first-order chi connectivity index (χ1) is 14.1. The molecule has 7 nitrogen and oxygen atoms in total. The number of fused-ring (bicyclic) bond motifs is 1. The van der Waals surface area contributed by atoms with Crippen LogP contribution in [0, 0.1) is 5.92 Å². The second-order valence-corrected chi connectivity index (χ2v) is 8.10. The van der Waals surface area contributed by atoms with E-state index in [0.29, 0.717) is 35.9 Å². The van der Waals surface area contributed by atoms with Gasteiger partial charge < -0.3 is 24.8 Å². The third kappa shape index (κ3) is 7.03. The van der Waals surface area contributed by atoms with Crippen molar-refractivity contribution in [1.29, 1.82) is 0 Å². The molecule has 2 N–H and O–H groups in total. The molecule has 1 fully saturated rings. The number of ether oxygens (including phenoxy) is 3. The van der Waals surface area contributed by atoms with Crippen molar-refractivity contribution in [3.63, 3.8) is 0 Å². The number of guanidine groups is 1. The minimum absolute atomic E-state index is 0. The summed E-state index contributed by atoms with van der Waals surface area (Å²) in [6.45, 7) is 10.8. The maximum Gasteiger partial charge on any atom is 0.191 e. The molecule has 0 saturated carbocycles. The molecule has 3 rings (SSSR count). The molecule has 1 aromatic carbocycles. The van der Waals surface area contributed by atoms with E-state index in [2.05, 4.69) is 34.4 Å². The molecule has 30 heavy (non-hydrogen) atoms. The van der Waals surface area contributed by atoms with Crippen LogP contribution in [-0.2, 0) is 11.2 Å². The summed E-state index contributed by atoms with van der Waals surface area (Å²) >= 11 is 6.33. The van der Waals surface area contributed by atoms with Crippen LogP contribution in [0.3, 0.4) is 0 Å². The predicted molar refractivity (Wildman–Crippen MR) is 132 cm³/mol. The number of morpholine rings is 1. The van der Waals surface area contributed by atoms with Gasteiger partial charge in [-0.25, -0.2) is 0 Å². The quantitative estimate of drug-likeness (QED) is 0.308. The van der Waals surface area contributed by atoms with Gasteiger partial charge in [0, 0.05) is 39.3 Å². The van der Waals surface area contributed by atoms with E-state index < -0.39 is 0 Å². The first-order valence-electron chi connectivity index (χ1n) is 10.4. The van der Waals surface area contributed by atoms with Crippen LogP contribution in [0.5, 0.6) is 11.5 Å². The number of nitrogens with one attached hydrogen (secondary N) is 2. The maximum absolute atomic E-state index is 6.33. The SMILES string of the molecule is CN=C(NCCc1cc(Cl)c2c(c1)OCCO2)NCC(C(C)C)N1CCOCC1.I. The monoisotopic (exact) mass is 552 g/mol. The molecular formula is C21H34ClIN4O3. The molecule has 0 amide bonds. The molecule has 0 spiro atoms. The number of hydrogen-bond donors (Lipinski definition) is 2. The Morgan fingerprint density at radius 2 is 1.87 bits per heavy atom. The van der Waals surface area contributed by atoms with Gasteiger partial charge in [0.05, 0.1) is 18.2 Å². The van der Waals surface area contributed by atoms with Crippen molar-refractivity contribution in [2.45, 2.75) is 26.3 Å². The predicted octanol–water partition coefficient (Wildman–Crippen LogP) is 2.79. The Morgan fingerprint density at radius 3 is 2.57 bits per heavy atom. The average molecular weight is 553 g/mol. The highest BCUT2D eigenvalue weighted by molar-refractivity contribution is 14.0. The third-order valence-electron chi connectivity index (χ3n) is 5.35. The van der Waals surface area contributed by atoms with Crippen LogP contribution in [0.25, 0.3) is 0 Å². The number of rotatable bonds is 7. The lowest BCUT2D eigenvalue weighted by atomic mass is 10.0. The highest BCUT2D eigenvalue weighted by atomic mass is 127. The van der Waals surface area contributed by atoms with Gasteiger partial charge in [-0.2, -0.15) is 0 Å². The second-order valence-electron chi connectivity index (χ2n) is 7.69. The molecule has 2 heterocycles. The van der Waals surface area contributed by atoms with Crippen LogP contribution in [-0.4, -0.2) is 76.6 Å². The Kier molecular flexibility index (Phi) is 10.8. The molecule has 9 heteroatoms. The van der Waals surface area contributed by atoms with Crippen molar-refractivity contribution in [1.82, 2.24) is 15.5 Å². The van der Waals surface area contributed by atoms with E-state index in [4.69, 9.17) is 25.8 Å². The van der Waals surface area contributed by atoms with E-state index in [0.717, 1.165) is 63.1 Å². The topological polar surface area (TPSA) is 67.4 Å². The zero-order chi connectivity index (χ0) is 20.6. The summed E-state index contributed by atoms with van der Waals surface area (Å²) in [4.78, 5) is 6.87. The summed E-state index contributed by atoms with van der Waals surface area (Å²) in [7, 11) is 1.80. The average Bonchev–Trinajstić information content (AvgIpc) is 2.73. The first kappa shape index (κ1) is 25.3. The van der Waals surface area contributed by atoms with Gasteiger partial charge in [-0.3, -0.25) is 9.89 Å². The molecule has 1 aromatic rings. The van der Waals surface area contributed by atoms with E-state index in [1.807, 2.05) is 12.1 Å². The smallest absolute Gasteiger partial charge is 0.191 e. The van der Waals surface area contributed by atoms with Crippen LogP contribution < -0.4 is 20.1 Å². The van der Waals surface area contributed by atoms with Gasteiger partial charge in [0.2, 0.25) is 0 Å². The summed E-state index contributed by atoms with van der Waals surface area (Å²) in [5.74, 6) is 2.74. The van der Waals surface area contributed by atoms with Crippen LogP contribution in [0.1, 0.15) is 19.4 Å². The Labute approximate surface area is 201 Å². The van der Waals surface area contributed by atoms with E-state index in [1.54, 1.807) is 7.05 Å². The lowest BCUT2D eigenvalue weighted by molar-refractivity contribution is 0.00752. The minimum atomic E-state index is 0. The van der Waals surface area contributed by atoms with Crippen LogP contribution in [0.4, 0.5) is 0 Å². The van der Waals surface area contributed by atoms with Crippen LogP contribution >= 0.6 is 35.6 Å². The summed E-state index contributed by atoms with van der Waals surface area (Å²) < 4.78 is 16.7. The van der Waals surface area contributed by atoms with E-state index in [-0.39, 0.29) is 24.0 Å². The normalized spacial score (nSPS) is 18.0. The molecule has 2 aliphatic rings. The fourth-order valence-electron chi connectivity index (χ4n) is 3.75. The van der Waals surface area contributed by atoms with Crippen molar-refractivity contribution in [2.24, 2.45) is 10.9 Å². The number of benzene rings is 1. The highest BCUT2D eigenvalue weighted by Gasteiger charge is 2.24. The minimum Gasteiger partial charge on any atom is -0.486 e. The van der Waals surface area contributed by atoms with Gasteiger partial charge in [-0.1, -0.05) is 25.4 Å². The summed E-state index contributed by atoms with van der Waals surface area (Å²) in [6.07, 6.45) is 0.814. The summed E-state index contributed by atoms with van der Waals surface area (Å²) in [6, 6.07) is 4.40. The van der Waals surface area contributed by atoms with Gasteiger partial charge in [-0.05, 0) is 30.0 Å². The second kappa shape index (κ2) is 12.8. The summed E-state index contributed by atoms with van der Waals surface area (Å²) in [5.41, 5.74) is 1.11. The van der Waals surface area contributed by atoms with Gasteiger partial charge in [0.1, 0.15) is 13.2 Å². The number of aliphatic imine (C=N–C) groups is 1. The molecule has 1 unspecified atom stereocenters. The lowest BCUT2D eigenvalue weighted by Gasteiger charge is -2.37. The number of hydrogen-bond acceptors (Lipinski definition) is 5. The van der Waals surface area contributed by atoms with Crippen molar-refractivity contribution in [3.05, 3.63) is 22.7 Å². The molecule has 0 aromatic heterocycles. The van der Waals surface area contributed by atoms with Gasteiger partial charge >= 0.3 is 0 Å². The highest BCUT2D eigenvalue weighted by Crippen LogP contribution is 2.38. The Bertz CT molecular complexity index is 699. The third-order valence-corrected chi connectivity index (χ3v) is 5.63. The van der Waals surface area contributed by atoms with Gasteiger partial charge in [-0.15, -0.1) is 24.0 Å². The Hall–Kier alpha value is -0.970. The van der Waals surface area contributed by atoms with E-state index >= 15 is 0 Å². The zero-order valence-corrected chi connectivity index (χ0v) is 21.2. The van der Waals surface area contributed by atoms with Crippen molar-refractivity contribution < 1.29 is 14.2 Å². The molecule has 0 bridgehead atoms. The Balaban J connectivity index is 0.00000320. The summed E-state index contributed by atoms with van der Waals surface area (Å²) in [5, 5.41) is 7.48. The zero-order valence-electron chi connectivity index (χ0n) is 18.1.